The number of ether oxygens (including phenoxy) is 1. The van der Waals surface area contributed by atoms with Gasteiger partial charge >= 0.3 is 0 Å². The van der Waals surface area contributed by atoms with E-state index in [0.717, 1.165) is 17.0 Å². The predicted molar refractivity (Wildman–Crippen MR) is 79.1 cm³/mol. The second-order valence-electron chi connectivity index (χ2n) is 5.06. The molecule has 6 nitrogen and oxygen atoms in total. The van der Waals surface area contributed by atoms with Crippen LogP contribution in [0, 0.1) is 0 Å². The lowest BCUT2D eigenvalue weighted by Crippen LogP contribution is -2.31. The molecule has 0 saturated heterocycles. The smallest absolute Gasteiger partial charge is 0.272 e. The number of benzene rings is 1. The van der Waals surface area contributed by atoms with Crippen molar-refractivity contribution in [2.45, 2.75) is 19.4 Å². The second-order valence-corrected chi connectivity index (χ2v) is 5.06. The van der Waals surface area contributed by atoms with Crippen molar-refractivity contribution in [2.75, 3.05) is 12.3 Å². The Labute approximate surface area is 122 Å². The molecule has 0 bridgehead atoms. The van der Waals surface area contributed by atoms with Gasteiger partial charge in [-0.2, -0.15) is 5.10 Å². The molecule has 1 aliphatic heterocycles. The van der Waals surface area contributed by atoms with Gasteiger partial charge in [-0.3, -0.25) is 9.48 Å². The minimum absolute atomic E-state index is 0.159. The standard InChI is InChI=1S/C15H18N4O2/c1-3-10-13(16)14(19(2)18-10)15(20)17-11-8-21-12-7-5-4-6-9(11)12/h4-7,11H,3,8,16H2,1-2H3,(H,17,20). The lowest BCUT2D eigenvalue weighted by Gasteiger charge is -2.12. The van der Waals surface area contributed by atoms with Gasteiger partial charge in [0.2, 0.25) is 0 Å². The molecule has 0 saturated carbocycles. The first-order chi connectivity index (χ1) is 10.1. The number of para-hydroxylation sites is 1. The number of aryl methyl sites for hydroxylation is 2. The summed E-state index contributed by atoms with van der Waals surface area (Å²) in [6.45, 7) is 2.39. The minimum atomic E-state index is -0.229. The quantitative estimate of drug-likeness (QED) is 0.894. The Hall–Kier alpha value is -2.50. The highest BCUT2D eigenvalue weighted by Gasteiger charge is 2.27. The van der Waals surface area contributed by atoms with E-state index >= 15 is 0 Å². The molecule has 1 amide bonds. The van der Waals surface area contributed by atoms with E-state index < -0.39 is 0 Å². The summed E-state index contributed by atoms with van der Waals surface area (Å²) < 4.78 is 7.10. The van der Waals surface area contributed by atoms with Crippen molar-refractivity contribution in [1.82, 2.24) is 15.1 Å². The van der Waals surface area contributed by atoms with E-state index in [1.54, 1.807) is 7.05 Å². The van der Waals surface area contributed by atoms with E-state index in [4.69, 9.17) is 10.5 Å². The Balaban J connectivity index is 1.84. The molecular weight excluding hydrogens is 268 g/mol. The predicted octanol–water partition coefficient (Wildman–Crippen LogP) is 1.43. The van der Waals surface area contributed by atoms with Gasteiger partial charge in [0.15, 0.2) is 0 Å². The van der Waals surface area contributed by atoms with Gasteiger partial charge in [-0.15, -0.1) is 0 Å². The number of anilines is 1. The first kappa shape index (κ1) is 13.5. The topological polar surface area (TPSA) is 82.2 Å². The molecule has 1 aromatic heterocycles. The van der Waals surface area contributed by atoms with E-state index in [2.05, 4.69) is 10.4 Å². The van der Waals surface area contributed by atoms with Crippen LogP contribution in [-0.2, 0) is 13.5 Å². The molecule has 3 N–H and O–H groups in total. The van der Waals surface area contributed by atoms with E-state index in [9.17, 15) is 4.79 Å². The molecular formula is C15H18N4O2. The first-order valence-corrected chi connectivity index (χ1v) is 6.95. The highest BCUT2D eigenvalue weighted by molar-refractivity contribution is 5.98. The molecule has 1 unspecified atom stereocenters. The van der Waals surface area contributed by atoms with Gasteiger partial charge in [0.05, 0.1) is 17.4 Å². The number of nitrogen functional groups attached to an aromatic ring is 1. The van der Waals surface area contributed by atoms with Gasteiger partial charge in [0.1, 0.15) is 18.1 Å². The highest BCUT2D eigenvalue weighted by atomic mass is 16.5. The fourth-order valence-corrected chi connectivity index (χ4v) is 2.64. The normalized spacial score (nSPS) is 16.4. The molecule has 3 rings (SSSR count). The van der Waals surface area contributed by atoms with Gasteiger partial charge in [-0.25, -0.2) is 0 Å². The third kappa shape index (κ3) is 2.22. The van der Waals surface area contributed by atoms with Crippen LogP contribution >= 0.6 is 0 Å². The molecule has 110 valence electrons. The highest BCUT2D eigenvalue weighted by Crippen LogP contribution is 2.32. The largest absolute Gasteiger partial charge is 0.491 e. The zero-order valence-corrected chi connectivity index (χ0v) is 12.1. The Kier molecular flexibility index (Phi) is 3.29. The molecule has 1 aromatic carbocycles. The molecule has 2 aromatic rings. The average Bonchev–Trinajstić information content (AvgIpc) is 3.00. The molecule has 1 aliphatic rings. The number of aromatic nitrogens is 2. The zero-order valence-electron chi connectivity index (χ0n) is 12.1. The maximum atomic E-state index is 12.5. The molecule has 0 radical (unpaired) electrons. The fourth-order valence-electron chi connectivity index (χ4n) is 2.64. The van der Waals surface area contributed by atoms with Crippen LogP contribution in [0.15, 0.2) is 24.3 Å². The lowest BCUT2D eigenvalue weighted by molar-refractivity contribution is 0.0921. The number of hydrogen-bond donors (Lipinski definition) is 2. The summed E-state index contributed by atoms with van der Waals surface area (Å²) in [7, 11) is 1.73. The second kappa shape index (κ2) is 5.12. The maximum Gasteiger partial charge on any atom is 0.272 e. The molecule has 0 spiro atoms. The summed E-state index contributed by atoms with van der Waals surface area (Å²) in [6, 6.07) is 7.54. The zero-order chi connectivity index (χ0) is 15.0. The van der Waals surface area contributed by atoms with Crippen molar-refractivity contribution in [3.63, 3.8) is 0 Å². The van der Waals surface area contributed by atoms with Crippen LogP contribution in [0.5, 0.6) is 5.75 Å². The van der Waals surface area contributed by atoms with Crippen molar-refractivity contribution in [3.05, 3.63) is 41.2 Å². The van der Waals surface area contributed by atoms with Crippen LogP contribution in [-0.4, -0.2) is 22.3 Å². The number of carbonyl (C=O) groups is 1. The summed E-state index contributed by atoms with van der Waals surface area (Å²) in [4.78, 5) is 12.5. The van der Waals surface area contributed by atoms with E-state index in [1.807, 2.05) is 31.2 Å². The van der Waals surface area contributed by atoms with E-state index in [1.165, 1.54) is 4.68 Å². The van der Waals surface area contributed by atoms with Crippen LogP contribution in [0.4, 0.5) is 5.69 Å². The number of hydrogen-bond acceptors (Lipinski definition) is 4. The maximum absolute atomic E-state index is 12.5. The van der Waals surface area contributed by atoms with Gasteiger partial charge in [-0.05, 0) is 12.5 Å². The Morgan fingerprint density at radius 1 is 1.52 bits per heavy atom. The van der Waals surface area contributed by atoms with Gasteiger partial charge < -0.3 is 15.8 Å². The number of nitrogens with one attached hydrogen (secondary N) is 1. The molecule has 6 heteroatoms. The Morgan fingerprint density at radius 2 is 2.29 bits per heavy atom. The number of nitrogens with two attached hydrogens (primary N) is 1. The fraction of sp³-hybridized carbons (Fsp3) is 0.333. The van der Waals surface area contributed by atoms with Crippen LogP contribution in [0.2, 0.25) is 0 Å². The summed E-state index contributed by atoms with van der Waals surface area (Å²) in [5.41, 5.74) is 8.59. The number of carbonyl (C=O) groups excluding carboxylic acids is 1. The van der Waals surface area contributed by atoms with Crippen molar-refractivity contribution in [2.24, 2.45) is 7.05 Å². The van der Waals surface area contributed by atoms with E-state index in [0.29, 0.717) is 24.4 Å². The van der Waals surface area contributed by atoms with Crippen LogP contribution in [0.1, 0.15) is 34.7 Å². The van der Waals surface area contributed by atoms with Crippen LogP contribution in [0.3, 0.4) is 0 Å². The number of rotatable bonds is 3. The van der Waals surface area contributed by atoms with Crippen molar-refractivity contribution >= 4 is 11.6 Å². The van der Waals surface area contributed by atoms with Crippen molar-refractivity contribution in [1.29, 1.82) is 0 Å². The number of fused-ring (bicyclic) bond motifs is 1. The third-order valence-corrected chi connectivity index (χ3v) is 3.72. The molecule has 0 fully saturated rings. The summed E-state index contributed by atoms with van der Waals surface area (Å²) in [6.07, 6.45) is 0.697. The Bertz CT molecular complexity index is 693. The third-order valence-electron chi connectivity index (χ3n) is 3.72. The van der Waals surface area contributed by atoms with Gasteiger partial charge in [-0.1, -0.05) is 25.1 Å². The monoisotopic (exact) mass is 286 g/mol. The van der Waals surface area contributed by atoms with Gasteiger partial charge in [0, 0.05) is 12.6 Å². The van der Waals surface area contributed by atoms with Crippen LogP contribution < -0.4 is 15.8 Å². The molecule has 1 atom stereocenters. The summed E-state index contributed by atoms with van der Waals surface area (Å²) in [5.74, 6) is 0.586. The minimum Gasteiger partial charge on any atom is -0.491 e. The molecule has 0 aliphatic carbocycles. The van der Waals surface area contributed by atoms with Crippen molar-refractivity contribution < 1.29 is 9.53 Å². The Morgan fingerprint density at radius 3 is 3.00 bits per heavy atom. The number of amides is 1. The molecule has 21 heavy (non-hydrogen) atoms. The first-order valence-electron chi connectivity index (χ1n) is 6.95. The number of nitrogens with zero attached hydrogens (tertiary/aromatic N) is 2. The summed E-state index contributed by atoms with van der Waals surface area (Å²) >= 11 is 0. The SMILES string of the molecule is CCc1nn(C)c(C(=O)NC2COc3ccccc32)c1N. The lowest BCUT2D eigenvalue weighted by atomic mass is 10.1. The van der Waals surface area contributed by atoms with Crippen molar-refractivity contribution in [3.8, 4) is 5.75 Å². The average molecular weight is 286 g/mol. The summed E-state index contributed by atoms with van der Waals surface area (Å²) in [5, 5.41) is 7.23. The van der Waals surface area contributed by atoms with Gasteiger partial charge in [0.25, 0.3) is 5.91 Å². The van der Waals surface area contributed by atoms with Crippen LogP contribution in [0.25, 0.3) is 0 Å². The van der Waals surface area contributed by atoms with E-state index in [-0.39, 0.29) is 11.9 Å². The molecule has 2 heterocycles.